The van der Waals surface area contributed by atoms with Crippen LogP contribution in [0.15, 0.2) is 54.7 Å². The van der Waals surface area contributed by atoms with E-state index in [-0.39, 0.29) is 24.0 Å². The van der Waals surface area contributed by atoms with Gasteiger partial charge in [-0.2, -0.15) is 0 Å². The van der Waals surface area contributed by atoms with Crippen LogP contribution in [0.1, 0.15) is 18.4 Å². The highest BCUT2D eigenvalue weighted by atomic mass is 19.1. The van der Waals surface area contributed by atoms with Gasteiger partial charge in [-0.05, 0) is 60.7 Å². The molecule has 0 bridgehead atoms. The number of benzene rings is 2. The average molecular weight is 395 g/mol. The first-order valence-corrected chi connectivity index (χ1v) is 9.89. The van der Waals surface area contributed by atoms with Crippen molar-refractivity contribution in [3.63, 3.8) is 0 Å². The number of hydrogen-bond acceptors (Lipinski definition) is 3. The highest BCUT2D eigenvalue weighted by Gasteiger charge is 2.21. The molecule has 6 heteroatoms. The van der Waals surface area contributed by atoms with E-state index in [1.54, 1.807) is 30.5 Å². The molecule has 1 fully saturated rings. The number of fused-ring (bicyclic) bond motifs is 1. The molecule has 2 aromatic carbocycles. The number of rotatable bonds is 5. The molecule has 1 saturated heterocycles. The number of aromatic nitrogens is 1. The third kappa shape index (κ3) is 4.70. The summed E-state index contributed by atoms with van der Waals surface area (Å²) in [6, 6.07) is 12.6. The first-order valence-electron chi connectivity index (χ1n) is 9.89. The van der Waals surface area contributed by atoms with Crippen LogP contribution in [-0.2, 0) is 11.2 Å². The molecule has 2 heterocycles. The van der Waals surface area contributed by atoms with Crippen LogP contribution >= 0.6 is 0 Å². The third-order valence-corrected chi connectivity index (χ3v) is 5.50. The maximum atomic E-state index is 13.7. The van der Waals surface area contributed by atoms with Gasteiger partial charge in [0.2, 0.25) is 5.91 Å². The van der Waals surface area contributed by atoms with Gasteiger partial charge in [-0.15, -0.1) is 0 Å². The van der Waals surface area contributed by atoms with Crippen molar-refractivity contribution in [3.8, 4) is 0 Å². The molecule has 0 saturated carbocycles. The van der Waals surface area contributed by atoms with Crippen LogP contribution in [0.4, 0.5) is 14.5 Å². The summed E-state index contributed by atoms with van der Waals surface area (Å²) in [5.74, 6) is -0.195. The fraction of sp³-hybridized carbons (Fsp3) is 0.304. The first-order chi connectivity index (χ1) is 14.1. The lowest BCUT2D eigenvalue weighted by Gasteiger charge is -2.34. The number of nitrogens with zero attached hydrogens (tertiary/aromatic N) is 2. The Morgan fingerprint density at radius 2 is 1.76 bits per heavy atom. The highest BCUT2D eigenvalue weighted by molar-refractivity contribution is 5.91. The fourth-order valence-corrected chi connectivity index (χ4v) is 3.87. The molecule has 3 aromatic rings. The number of halogens is 2. The van der Waals surface area contributed by atoms with Gasteiger partial charge in [-0.3, -0.25) is 9.78 Å². The second-order valence-corrected chi connectivity index (χ2v) is 7.53. The Balaban J connectivity index is 1.30. The monoisotopic (exact) mass is 395 g/mol. The quantitative estimate of drug-likeness (QED) is 0.708. The number of carbonyl (C=O) groups excluding carboxylic acids is 1. The molecule has 0 spiro atoms. The lowest BCUT2D eigenvalue weighted by molar-refractivity contribution is -0.120. The summed E-state index contributed by atoms with van der Waals surface area (Å²) < 4.78 is 26.6. The van der Waals surface area contributed by atoms with Gasteiger partial charge >= 0.3 is 0 Å². The minimum absolute atomic E-state index is 0.0466. The topological polar surface area (TPSA) is 45.2 Å². The lowest BCUT2D eigenvalue weighted by atomic mass is 9.96. The van der Waals surface area contributed by atoms with E-state index < -0.39 is 0 Å². The number of amides is 1. The molecule has 1 N–H and O–H groups in total. The predicted molar refractivity (Wildman–Crippen MR) is 110 cm³/mol. The highest BCUT2D eigenvalue weighted by Crippen LogP contribution is 2.29. The molecule has 0 aliphatic carbocycles. The Morgan fingerprint density at radius 1 is 1.03 bits per heavy atom. The summed E-state index contributed by atoms with van der Waals surface area (Å²) >= 11 is 0. The maximum absolute atomic E-state index is 13.7. The van der Waals surface area contributed by atoms with Gasteiger partial charge in [0, 0.05) is 36.9 Å². The number of pyridine rings is 1. The summed E-state index contributed by atoms with van der Waals surface area (Å²) in [6.07, 6.45) is 3.93. The largest absolute Gasteiger partial charge is 0.371 e. The Hall–Kier alpha value is -3.02. The molecular formula is C23H23F2N3O. The summed E-state index contributed by atoms with van der Waals surface area (Å²) in [7, 11) is 0. The van der Waals surface area contributed by atoms with Gasteiger partial charge in [0.05, 0.1) is 11.9 Å². The van der Waals surface area contributed by atoms with Crippen LogP contribution in [0.2, 0.25) is 0 Å². The summed E-state index contributed by atoms with van der Waals surface area (Å²) in [6.45, 7) is 2.35. The minimum atomic E-state index is -0.300. The lowest BCUT2D eigenvalue weighted by Crippen LogP contribution is -2.39. The molecule has 0 atom stereocenters. The van der Waals surface area contributed by atoms with Gasteiger partial charge < -0.3 is 10.2 Å². The van der Waals surface area contributed by atoms with E-state index in [1.807, 2.05) is 6.07 Å². The third-order valence-electron chi connectivity index (χ3n) is 5.50. The number of anilines is 1. The van der Waals surface area contributed by atoms with Crippen LogP contribution in [-0.4, -0.2) is 30.5 Å². The van der Waals surface area contributed by atoms with E-state index in [2.05, 4.69) is 15.2 Å². The molecule has 1 aliphatic rings. The molecular weight excluding hydrogens is 372 g/mol. The van der Waals surface area contributed by atoms with Crippen molar-refractivity contribution < 1.29 is 13.6 Å². The van der Waals surface area contributed by atoms with Crippen molar-refractivity contribution in [2.75, 3.05) is 24.5 Å². The van der Waals surface area contributed by atoms with Crippen LogP contribution in [0.25, 0.3) is 10.9 Å². The Labute approximate surface area is 168 Å². The molecule has 4 nitrogen and oxygen atoms in total. The predicted octanol–water partition coefficient (Wildman–Crippen LogP) is 4.09. The number of hydrogen-bond donors (Lipinski definition) is 1. The molecule has 29 heavy (non-hydrogen) atoms. The van der Waals surface area contributed by atoms with Crippen LogP contribution in [0.3, 0.4) is 0 Å². The molecule has 1 aromatic heterocycles. The normalized spacial score (nSPS) is 14.9. The Bertz CT molecular complexity index is 999. The van der Waals surface area contributed by atoms with Crippen molar-refractivity contribution in [1.82, 2.24) is 10.3 Å². The minimum Gasteiger partial charge on any atom is -0.371 e. The Kier molecular flexibility index (Phi) is 5.69. The molecule has 0 unspecified atom stereocenters. The Morgan fingerprint density at radius 3 is 2.52 bits per heavy atom. The average Bonchev–Trinajstić information content (AvgIpc) is 2.74. The van der Waals surface area contributed by atoms with E-state index in [4.69, 9.17) is 0 Å². The first kappa shape index (κ1) is 19.3. The van der Waals surface area contributed by atoms with Crippen LogP contribution < -0.4 is 10.2 Å². The number of nitrogens with one attached hydrogen (secondary N) is 1. The number of carbonyl (C=O) groups is 1. The summed E-state index contributed by atoms with van der Waals surface area (Å²) in [5, 5.41) is 3.83. The van der Waals surface area contributed by atoms with E-state index in [0.717, 1.165) is 48.1 Å². The van der Waals surface area contributed by atoms with Crippen LogP contribution in [0.5, 0.6) is 0 Å². The summed E-state index contributed by atoms with van der Waals surface area (Å²) in [4.78, 5) is 18.7. The fourth-order valence-electron chi connectivity index (χ4n) is 3.87. The van der Waals surface area contributed by atoms with E-state index in [1.165, 1.54) is 18.2 Å². The van der Waals surface area contributed by atoms with Crippen molar-refractivity contribution >= 4 is 22.5 Å². The van der Waals surface area contributed by atoms with Gasteiger partial charge in [-0.25, -0.2) is 8.78 Å². The van der Waals surface area contributed by atoms with Gasteiger partial charge in [-0.1, -0.05) is 12.1 Å². The molecule has 1 amide bonds. The van der Waals surface area contributed by atoms with E-state index in [9.17, 15) is 13.6 Å². The standard InChI is InChI=1S/C23H23F2N3O/c24-18-3-1-16(2-4-18)13-23(29)27-15-17-8-11-28(12-9-17)22-7-10-26-21-6-5-19(25)14-20(21)22/h1-7,10,14,17H,8-9,11-13,15H2,(H,27,29). The number of piperidine rings is 1. The van der Waals surface area contributed by atoms with Crippen LogP contribution in [0, 0.1) is 17.6 Å². The summed E-state index contributed by atoms with van der Waals surface area (Å²) in [5.41, 5.74) is 2.60. The molecule has 150 valence electrons. The zero-order valence-electron chi connectivity index (χ0n) is 16.1. The SMILES string of the molecule is O=C(Cc1ccc(F)cc1)NCC1CCN(c2ccnc3ccc(F)cc23)CC1. The van der Waals surface area contributed by atoms with Crippen molar-refractivity contribution in [2.24, 2.45) is 5.92 Å². The van der Waals surface area contributed by atoms with Gasteiger partial charge in [0.15, 0.2) is 0 Å². The zero-order chi connectivity index (χ0) is 20.2. The second-order valence-electron chi connectivity index (χ2n) is 7.53. The van der Waals surface area contributed by atoms with E-state index in [0.29, 0.717) is 12.5 Å². The van der Waals surface area contributed by atoms with E-state index >= 15 is 0 Å². The van der Waals surface area contributed by atoms with Crippen molar-refractivity contribution in [2.45, 2.75) is 19.3 Å². The maximum Gasteiger partial charge on any atom is 0.224 e. The zero-order valence-corrected chi connectivity index (χ0v) is 16.1. The van der Waals surface area contributed by atoms with Gasteiger partial charge in [0.25, 0.3) is 0 Å². The van der Waals surface area contributed by atoms with Crippen molar-refractivity contribution in [1.29, 1.82) is 0 Å². The second kappa shape index (κ2) is 8.55. The smallest absolute Gasteiger partial charge is 0.224 e. The molecule has 4 rings (SSSR count). The van der Waals surface area contributed by atoms with Crippen molar-refractivity contribution in [3.05, 3.63) is 71.9 Å². The van der Waals surface area contributed by atoms with Gasteiger partial charge in [0.1, 0.15) is 11.6 Å². The molecule has 1 aliphatic heterocycles. The molecule has 0 radical (unpaired) electrons.